The first-order chi connectivity index (χ1) is 10.8. The van der Waals surface area contributed by atoms with Crippen molar-refractivity contribution in [3.63, 3.8) is 0 Å². The molecule has 2 aromatic rings. The highest BCUT2D eigenvalue weighted by molar-refractivity contribution is 5.94. The standard InChI is InChI=1S/C18H19NO3/c20-18(19-12-14-9-10-21-13-14)15-5-4-8-17(11-15)22-16-6-2-1-3-7-16/h1-8,11,14H,9-10,12-13H2,(H,19,20)/t14-/m1/s1. The Hall–Kier alpha value is -2.33. The highest BCUT2D eigenvalue weighted by Crippen LogP contribution is 2.21. The zero-order valence-corrected chi connectivity index (χ0v) is 12.3. The molecule has 0 bridgehead atoms. The molecule has 0 aliphatic carbocycles. The van der Waals surface area contributed by atoms with Crippen molar-refractivity contribution in [3.8, 4) is 11.5 Å². The Morgan fingerprint density at radius 1 is 1.14 bits per heavy atom. The van der Waals surface area contributed by atoms with Crippen LogP contribution in [-0.2, 0) is 4.74 Å². The normalized spacial score (nSPS) is 17.2. The van der Waals surface area contributed by atoms with Crippen molar-refractivity contribution >= 4 is 5.91 Å². The third-order valence-electron chi connectivity index (χ3n) is 3.65. The number of amides is 1. The lowest BCUT2D eigenvalue weighted by Gasteiger charge is -2.10. The van der Waals surface area contributed by atoms with E-state index < -0.39 is 0 Å². The van der Waals surface area contributed by atoms with Gasteiger partial charge < -0.3 is 14.8 Å². The summed E-state index contributed by atoms with van der Waals surface area (Å²) in [7, 11) is 0. The molecule has 0 spiro atoms. The van der Waals surface area contributed by atoms with Crippen LogP contribution < -0.4 is 10.1 Å². The van der Waals surface area contributed by atoms with Crippen LogP contribution in [0.15, 0.2) is 54.6 Å². The number of ether oxygens (including phenoxy) is 2. The Bertz CT molecular complexity index is 621. The van der Waals surface area contributed by atoms with E-state index in [1.807, 2.05) is 42.5 Å². The average molecular weight is 297 g/mol. The van der Waals surface area contributed by atoms with E-state index in [9.17, 15) is 4.79 Å². The van der Waals surface area contributed by atoms with Crippen LogP contribution in [0.25, 0.3) is 0 Å². The summed E-state index contributed by atoms with van der Waals surface area (Å²) in [5.41, 5.74) is 0.604. The smallest absolute Gasteiger partial charge is 0.251 e. The molecule has 0 unspecified atom stereocenters. The van der Waals surface area contributed by atoms with Gasteiger partial charge in [-0.25, -0.2) is 0 Å². The summed E-state index contributed by atoms with van der Waals surface area (Å²) in [6.07, 6.45) is 1.01. The molecule has 114 valence electrons. The summed E-state index contributed by atoms with van der Waals surface area (Å²) in [5.74, 6) is 1.75. The van der Waals surface area contributed by atoms with Gasteiger partial charge in [0.15, 0.2) is 0 Å². The molecule has 4 nitrogen and oxygen atoms in total. The lowest BCUT2D eigenvalue weighted by Crippen LogP contribution is -2.29. The molecule has 4 heteroatoms. The highest BCUT2D eigenvalue weighted by atomic mass is 16.5. The van der Waals surface area contributed by atoms with Crippen molar-refractivity contribution in [2.24, 2.45) is 5.92 Å². The topological polar surface area (TPSA) is 47.6 Å². The van der Waals surface area contributed by atoms with E-state index in [-0.39, 0.29) is 5.91 Å². The number of hydrogen-bond acceptors (Lipinski definition) is 3. The van der Waals surface area contributed by atoms with Crippen molar-refractivity contribution < 1.29 is 14.3 Å². The first-order valence-electron chi connectivity index (χ1n) is 7.50. The zero-order valence-electron chi connectivity index (χ0n) is 12.3. The van der Waals surface area contributed by atoms with Crippen LogP contribution in [0, 0.1) is 5.92 Å². The van der Waals surface area contributed by atoms with Crippen LogP contribution in [0.5, 0.6) is 11.5 Å². The molecular weight excluding hydrogens is 278 g/mol. The molecule has 1 amide bonds. The van der Waals surface area contributed by atoms with E-state index in [0.717, 1.165) is 25.4 Å². The molecule has 1 fully saturated rings. The number of carbonyl (C=O) groups excluding carboxylic acids is 1. The molecule has 0 saturated carbocycles. The second kappa shape index (κ2) is 7.09. The molecule has 0 aromatic heterocycles. The molecule has 2 aromatic carbocycles. The van der Waals surface area contributed by atoms with Gasteiger partial charge in [0, 0.05) is 24.6 Å². The number of benzene rings is 2. The second-order valence-electron chi connectivity index (χ2n) is 5.38. The largest absolute Gasteiger partial charge is 0.457 e. The summed E-state index contributed by atoms with van der Waals surface area (Å²) < 4.78 is 11.1. The minimum atomic E-state index is -0.0783. The maximum Gasteiger partial charge on any atom is 0.251 e. The van der Waals surface area contributed by atoms with Gasteiger partial charge in [-0.05, 0) is 36.8 Å². The van der Waals surface area contributed by atoms with Crippen LogP contribution >= 0.6 is 0 Å². The fourth-order valence-electron chi connectivity index (χ4n) is 2.41. The predicted molar refractivity (Wildman–Crippen MR) is 84.2 cm³/mol. The SMILES string of the molecule is O=C(NC[C@H]1CCOC1)c1cccc(Oc2ccccc2)c1. The second-order valence-corrected chi connectivity index (χ2v) is 5.38. The van der Waals surface area contributed by atoms with E-state index in [1.54, 1.807) is 12.1 Å². The molecule has 0 radical (unpaired) electrons. The van der Waals surface area contributed by atoms with Crippen molar-refractivity contribution in [1.82, 2.24) is 5.32 Å². The summed E-state index contributed by atoms with van der Waals surface area (Å²) in [6, 6.07) is 16.7. The van der Waals surface area contributed by atoms with Crippen LogP contribution in [0.4, 0.5) is 0 Å². The average Bonchev–Trinajstić information content (AvgIpc) is 3.07. The number of para-hydroxylation sites is 1. The number of rotatable bonds is 5. The number of nitrogens with one attached hydrogen (secondary N) is 1. The minimum Gasteiger partial charge on any atom is -0.457 e. The summed E-state index contributed by atoms with van der Waals surface area (Å²) in [5, 5.41) is 2.96. The van der Waals surface area contributed by atoms with Crippen molar-refractivity contribution in [3.05, 3.63) is 60.2 Å². The third-order valence-corrected chi connectivity index (χ3v) is 3.65. The third kappa shape index (κ3) is 3.86. The zero-order chi connectivity index (χ0) is 15.2. The summed E-state index contributed by atoms with van der Waals surface area (Å²) in [6.45, 7) is 2.18. The van der Waals surface area contributed by atoms with Crippen LogP contribution in [0.2, 0.25) is 0 Å². The molecular formula is C18H19NO3. The molecule has 1 heterocycles. The highest BCUT2D eigenvalue weighted by Gasteiger charge is 2.16. The van der Waals surface area contributed by atoms with Crippen molar-refractivity contribution in [1.29, 1.82) is 0 Å². The maximum absolute atomic E-state index is 12.2. The van der Waals surface area contributed by atoms with Gasteiger partial charge in [0.05, 0.1) is 6.61 Å². The molecule has 1 aliphatic rings. The lowest BCUT2D eigenvalue weighted by atomic mass is 10.1. The van der Waals surface area contributed by atoms with E-state index in [4.69, 9.17) is 9.47 Å². The first-order valence-corrected chi connectivity index (χ1v) is 7.50. The Kier molecular flexibility index (Phi) is 4.71. The Balaban J connectivity index is 1.61. The molecule has 1 atom stereocenters. The molecule has 1 aliphatic heterocycles. The fraction of sp³-hybridized carbons (Fsp3) is 0.278. The van der Waals surface area contributed by atoms with E-state index in [2.05, 4.69) is 5.32 Å². The van der Waals surface area contributed by atoms with Gasteiger partial charge in [0.25, 0.3) is 5.91 Å². The molecule has 3 rings (SSSR count). The van der Waals surface area contributed by atoms with Gasteiger partial charge in [-0.1, -0.05) is 24.3 Å². The van der Waals surface area contributed by atoms with Gasteiger partial charge in [0.1, 0.15) is 11.5 Å². The fourth-order valence-corrected chi connectivity index (χ4v) is 2.41. The van der Waals surface area contributed by atoms with Gasteiger partial charge in [-0.2, -0.15) is 0 Å². The number of hydrogen-bond donors (Lipinski definition) is 1. The van der Waals surface area contributed by atoms with E-state index in [1.165, 1.54) is 0 Å². The monoisotopic (exact) mass is 297 g/mol. The van der Waals surface area contributed by atoms with Crippen LogP contribution in [0.3, 0.4) is 0 Å². The predicted octanol–water partition coefficient (Wildman–Crippen LogP) is 3.25. The van der Waals surface area contributed by atoms with Gasteiger partial charge >= 0.3 is 0 Å². The van der Waals surface area contributed by atoms with Crippen LogP contribution in [-0.4, -0.2) is 25.7 Å². The van der Waals surface area contributed by atoms with Gasteiger partial charge in [-0.15, -0.1) is 0 Å². The van der Waals surface area contributed by atoms with Gasteiger partial charge in [-0.3, -0.25) is 4.79 Å². The Morgan fingerprint density at radius 2 is 1.95 bits per heavy atom. The molecule has 1 saturated heterocycles. The lowest BCUT2D eigenvalue weighted by molar-refractivity contribution is 0.0944. The Labute approximate surface area is 130 Å². The summed E-state index contributed by atoms with van der Waals surface area (Å²) in [4.78, 5) is 12.2. The molecule has 22 heavy (non-hydrogen) atoms. The molecule has 1 N–H and O–H groups in total. The summed E-state index contributed by atoms with van der Waals surface area (Å²) >= 11 is 0. The van der Waals surface area contributed by atoms with E-state index >= 15 is 0 Å². The Morgan fingerprint density at radius 3 is 2.73 bits per heavy atom. The van der Waals surface area contributed by atoms with Crippen molar-refractivity contribution in [2.45, 2.75) is 6.42 Å². The van der Waals surface area contributed by atoms with Gasteiger partial charge in [0.2, 0.25) is 0 Å². The first kappa shape index (κ1) is 14.6. The quantitative estimate of drug-likeness (QED) is 0.921. The maximum atomic E-state index is 12.2. The minimum absolute atomic E-state index is 0.0783. The van der Waals surface area contributed by atoms with E-state index in [0.29, 0.717) is 23.8 Å². The van der Waals surface area contributed by atoms with Crippen molar-refractivity contribution in [2.75, 3.05) is 19.8 Å². The number of carbonyl (C=O) groups is 1. The van der Waals surface area contributed by atoms with Crippen LogP contribution in [0.1, 0.15) is 16.8 Å².